The summed E-state index contributed by atoms with van der Waals surface area (Å²) in [7, 11) is 1.87. The van der Waals surface area contributed by atoms with E-state index < -0.39 is 0 Å². The van der Waals surface area contributed by atoms with Crippen LogP contribution in [0.2, 0.25) is 5.02 Å². The number of hydrogen-bond acceptors (Lipinski definition) is 3. The number of halogens is 1. The molecule has 1 amide bonds. The molecule has 2 N–H and O–H groups in total. The van der Waals surface area contributed by atoms with Crippen molar-refractivity contribution >= 4 is 23.2 Å². The van der Waals surface area contributed by atoms with Crippen molar-refractivity contribution in [1.82, 2.24) is 15.1 Å². The summed E-state index contributed by atoms with van der Waals surface area (Å²) in [5, 5.41) is 10.6. The Morgan fingerprint density at radius 1 is 1.40 bits per heavy atom. The van der Waals surface area contributed by atoms with Crippen LogP contribution in [0, 0.1) is 6.92 Å². The van der Waals surface area contributed by atoms with Crippen molar-refractivity contribution in [3.8, 4) is 0 Å². The molecule has 106 valence electrons. The molecule has 0 fully saturated rings. The number of amides is 1. The summed E-state index contributed by atoms with van der Waals surface area (Å²) in [4.78, 5) is 11.9. The smallest absolute Gasteiger partial charge is 0.238 e. The highest BCUT2D eigenvalue weighted by atomic mass is 35.5. The van der Waals surface area contributed by atoms with E-state index in [1.807, 2.05) is 26.1 Å². The van der Waals surface area contributed by atoms with Crippen LogP contribution in [0.5, 0.6) is 0 Å². The van der Waals surface area contributed by atoms with Gasteiger partial charge in [-0.05, 0) is 30.7 Å². The van der Waals surface area contributed by atoms with Gasteiger partial charge in [0.05, 0.1) is 12.2 Å². The van der Waals surface area contributed by atoms with E-state index in [1.165, 1.54) is 0 Å². The number of hydrogen-bond donors (Lipinski definition) is 2. The highest BCUT2D eigenvalue weighted by molar-refractivity contribution is 6.31. The van der Waals surface area contributed by atoms with Crippen LogP contribution in [0.3, 0.4) is 0 Å². The summed E-state index contributed by atoms with van der Waals surface area (Å²) in [6.45, 7) is 2.75. The highest BCUT2D eigenvalue weighted by Crippen LogP contribution is 2.19. The number of aromatic nitrogens is 2. The van der Waals surface area contributed by atoms with Gasteiger partial charge < -0.3 is 10.6 Å². The van der Waals surface area contributed by atoms with Crippen molar-refractivity contribution in [3.63, 3.8) is 0 Å². The molecule has 0 radical (unpaired) electrons. The van der Waals surface area contributed by atoms with Crippen molar-refractivity contribution < 1.29 is 4.79 Å². The fraction of sp³-hybridized carbons (Fsp3) is 0.286. The third-order valence-electron chi connectivity index (χ3n) is 2.99. The Hall–Kier alpha value is -1.85. The average Bonchev–Trinajstić information content (AvgIpc) is 2.80. The van der Waals surface area contributed by atoms with Crippen LogP contribution in [0.1, 0.15) is 11.3 Å². The standard InChI is InChI=1S/C14H17ClN4O/c1-10-3-4-11(15)7-13(10)18-14(20)9-16-8-12-5-6-17-19(12)2/h3-7,16H,8-9H2,1-2H3,(H,18,20). The van der Waals surface area contributed by atoms with Crippen molar-refractivity contribution in [1.29, 1.82) is 0 Å². The maximum Gasteiger partial charge on any atom is 0.238 e. The number of carbonyl (C=O) groups excluding carboxylic acids is 1. The van der Waals surface area contributed by atoms with Crippen LogP contribution in [-0.2, 0) is 18.4 Å². The summed E-state index contributed by atoms with van der Waals surface area (Å²) in [6, 6.07) is 7.33. The van der Waals surface area contributed by atoms with Crippen LogP contribution in [-0.4, -0.2) is 22.2 Å². The molecule has 0 aliphatic rings. The first-order valence-corrected chi connectivity index (χ1v) is 6.67. The van der Waals surface area contributed by atoms with Crippen LogP contribution in [0.15, 0.2) is 30.5 Å². The molecule has 0 bridgehead atoms. The quantitative estimate of drug-likeness (QED) is 0.887. The minimum Gasteiger partial charge on any atom is -0.325 e. The molecule has 1 aromatic carbocycles. The highest BCUT2D eigenvalue weighted by Gasteiger charge is 2.06. The number of carbonyl (C=O) groups is 1. The van der Waals surface area contributed by atoms with Gasteiger partial charge in [-0.25, -0.2) is 0 Å². The fourth-order valence-corrected chi connectivity index (χ4v) is 1.97. The van der Waals surface area contributed by atoms with Gasteiger partial charge in [0.25, 0.3) is 0 Å². The van der Waals surface area contributed by atoms with Gasteiger partial charge in [-0.3, -0.25) is 9.48 Å². The summed E-state index contributed by atoms with van der Waals surface area (Å²) < 4.78 is 1.77. The molecule has 2 rings (SSSR count). The van der Waals surface area contributed by atoms with Gasteiger partial charge in [-0.2, -0.15) is 5.10 Å². The number of aryl methyl sites for hydroxylation is 2. The van der Waals surface area contributed by atoms with E-state index in [4.69, 9.17) is 11.6 Å². The maximum absolute atomic E-state index is 11.9. The zero-order valence-electron chi connectivity index (χ0n) is 11.5. The lowest BCUT2D eigenvalue weighted by Crippen LogP contribution is -2.28. The second kappa shape index (κ2) is 6.54. The lowest BCUT2D eigenvalue weighted by Gasteiger charge is -2.09. The Morgan fingerprint density at radius 2 is 2.20 bits per heavy atom. The second-order valence-electron chi connectivity index (χ2n) is 4.56. The molecule has 0 aliphatic carbocycles. The second-order valence-corrected chi connectivity index (χ2v) is 4.99. The van der Waals surface area contributed by atoms with Gasteiger partial charge >= 0.3 is 0 Å². The average molecular weight is 293 g/mol. The largest absolute Gasteiger partial charge is 0.325 e. The molecule has 0 saturated carbocycles. The van der Waals surface area contributed by atoms with Gasteiger partial charge in [0, 0.05) is 30.5 Å². The first-order valence-electron chi connectivity index (χ1n) is 6.30. The first-order chi connectivity index (χ1) is 9.56. The molecule has 20 heavy (non-hydrogen) atoms. The molecule has 6 heteroatoms. The van der Waals surface area contributed by atoms with E-state index in [-0.39, 0.29) is 12.5 Å². The lowest BCUT2D eigenvalue weighted by molar-refractivity contribution is -0.115. The third kappa shape index (κ3) is 3.82. The lowest BCUT2D eigenvalue weighted by atomic mass is 10.2. The van der Waals surface area contributed by atoms with Crippen molar-refractivity contribution in [2.24, 2.45) is 7.05 Å². The zero-order chi connectivity index (χ0) is 14.5. The third-order valence-corrected chi connectivity index (χ3v) is 3.22. The normalized spacial score (nSPS) is 10.6. The maximum atomic E-state index is 11.9. The number of anilines is 1. The SMILES string of the molecule is Cc1ccc(Cl)cc1NC(=O)CNCc1ccnn1C. The van der Waals surface area contributed by atoms with Gasteiger partial charge in [0.15, 0.2) is 0 Å². The van der Waals surface area contributed by atoms with E-state index in [9.17, 15) is 4.79 Å². The van der Waals surface area contributed by atoms with Crippen LogP contribution < -0.4 is 10.6 Å². The number of rotatable bonds is 5. The predicted octanol–water partition coefficient (Wildman–Crippen LogP) is 2.11. The van der Waals surface area contributed by atoms with Gasteiger partial charge in [-0.15, -0.1) is 0 Å². The Bertz CT molecular complexity index is 609. The van der Waals surface area contributed by atoms with E-state index >= 15 is 0 Å². The molecule has 2 aromatic rings. The summed E-state index contributed by atoms with van der Waals surface area (Å²) in [5.74, 6) is -0.0995. The minimum absolute atomic E-state index is 0.0995. The number of nitrogens with one attached hydrogen (secondary N) is 2. The Kier molecular flexibility index (Phi) is 4.76. The van der Waals surface area contributed by atoms with E-state index in [0.29, 0.717) is 11.6 Å². The molecule has 1 aromatic heterocycles. The summed E-state index contributed by atoms with van der Waals surface area (Å²) in [5.41, 5.74) is 2.75. The van der Waals surface area contributed by atoms with E-state index in [2.05, 4.69) is 15.7 Å². The summed E-state index contributed by atoms with van der Waals surface area (Å²) in [6.07, 6.45) is 1.73. The van der Waals surface area contributed by atoms with E-state index in [1.54, 1.807) is 23.0 Å². The van der Waals surface area contributed by atoms with Gasteiger partial charge in [0.1, 0.15) is 0 Å². The first kappa shape index (κ1) is 14.6. The van der Waals surface area contributed by atoms with E-state index in [0.717, 1.165) is 16.9 Å². The minimum atomic E-state index is -0.0995. The van der Waals surface area contributed by atoms with Crippen molar-refractivity contribution in [3.05, 3.63) is 46.7 Å². The van der Waals surface area contributed by atoms with Crippen molar-refractivity contribution in [2.75, 3.05) is 11.9 Å². The predicted molar refractivity (Wildman–Crippen MR) is 79.7 cm³/mol. The van der Waals surface area contributed by atoms with Crippen molar-refractivity contribution in [2.45, 2.75) is 13.5 Å². The zero-order valence-corrected chi connectivity index (χ0v) is 12.2. The Morgan fingerprint density at radius 3 is 2.90 bits per heavy atom. The molecule has 0 unspecified atom stereocenters. The van der Waals surface area contributed by atoms with Crippen LogP contribution in [0.4, 0.5) is 5.69 Å². The molecular weight excluding hydrogens is 276 g/mol. The fourth-order valence-electron chi connectivity index (χ4n) is 1.80. The topological polar surface area (TPSA) is 59.0 Å². The molecule has 0 saturated heterocycles. The van der Waals surface area contributed by atoms with Crippen LogP contribution >= 0.6 is 11.6 Å². The molecular formula is C14H17ClN4O. The van der Waals surface area contributed by atoms with Gasteiger partial charge in [-0.1, -0.05) is 17.7 Å². The number of nitrogens with zero attached hydrogens (tertiary/aromatic N) is 2. The molecule has 5 nitrogen and oxygen atoms in total. The molecule has 0 atom stereocenters. The molecule has 0 aliphatic heterocycles. The monoisotopic (exact) mass is 292 g/mol. The Balaban J connectivity index is 1.84. The van der Waals surface area contributed by atoms with Crippen LogP contribution in [0.25, 0.3) is 0 Å². The summed E-state index contributed by atoms with van der Waals surface area (Å²) >= 11 is 5.91. The van der Waals surface area contributed by atoms with Gasteiger partial charge in [0.2, 0.25) is 5.91 Å². The Labute approximate surface area is 122 Å². The molecule has 0 spiro atoms. The molecule has 1 heterocycles. The number of benzene rings is 1.